The molecule has 4 heteroatoms. The number of aromatic carboxylic acids is 1. The molecule has 0 aliphatic carbocycles. The van der Waals surface area contributed by atoms with Crippen LogP contribution >= 0.6 is 0 Å². The monoisotopic (exact) mass is 221 g/mol. The van der Waals surface area contributed by atoms with Crippen LogP contribution in [0.25, 0.3) is 6.08 Å². The van der Waals surface area contributed by atoms with Gasteiger partial charge in [-0.05, 0) is 24.6 Å². The largest absolute Gasteiger partial charge is 0.496 e. The Hall–Kier alpha value is -1.81. The predicted octanol–water partition coefficient (Wildman–Crippen LogP) is 1.76. The first-order chi connectivity index (χ1) is 7.70. The van der Waals surface area contributed by atoms with Crippen LogP contribution in [-0.4, -0.2) is 24.7 Å². The molecule has 0 aromatic heterocycles. The van der Waals surface area contributed by atoms with Gasteiger partial charge in [-0.25, -0.2) is 4.79 Å². The van der Waals surface area contributed by atoms with Gasteiger partial charge in [0.25, 0.3) is 0 Å². The van der Waals surface area contributed by atoms with E-state index in [0.29, 0.717) is 17.9 Å². The summed E-state index contributed by atoms with van der Waals surface area (Å²) in [5.41, 5.74) is 6.16. The molecular formula is C12H15NO3. The molecule has 4 nitrogen and oxygen atoms in total. The van der Waals surface area contributed by atoms with Crippen molar-refractivity contribution in [2.45, 2.75) is 6.42 Å². The van der Waals surface area contributed by atoms with E-state index in [9.17, 15) is 4.79 Å². The van der Waals surface area contributed by atoms with Crippen molar-refractivity contribution in [1.82, 2.24) is 0 Å². The Balaban J connectivity index is 3.12. The summed E-state index contributed by atoms with van der Waals surface area (Å²) in [6.45, 7) is 0.545. The molecule has 0 spiro atoms. The number of rotatable bonds is 5. The van der Waals surface area contributed by atoms with Crippen LogP contribution in [0.1, 0.15) is 22.3 Å². The van der Waals surface area contributed by atoms with Crippen LogP contribution in [-0.2, 0) is 0 Å². The molecule has 0 saturated carbocycles. The number of hydrogen-bond donors (Lipinski definition) is 2. The maximum Gasteiger partial charge on any atom is 0.340 e. The first-order valence-corrected chi connectivity index (χ1v) is 4.97. The lowest BCUT2D eigenvalue weighted by molar-refractivity contribution is 0.0693. The summed E-state index contributed by atoms with van der Waals surface area (Å²) < 4.78 is 5.01. The number of hydrogen-bond acceptors (Lipinski definition) is 3. The summed E-state index contributed by atoms with van der Waals surface area (Å²) in [6.07, 6.45) is 4.32. The molecular weight excluding hydrogens is 206 g/mol. The zero-order valence-electron chi connectivity index (χ0n) is 9.14. The van der Waals surface area contributed by atoms with Gasteiger partial charge >= 0.3 is 5.97 Å². The highest BCUT2D eigenvalue weighted by molar-refractivity contribution is 5.95. The fraction of sp³-hybridized carbons (Fsp3) is 0.250. The number of benzene rings is 1. The van der Waals surface area contributed by atoms with E-state index in [4.69, 9.17) is 15.6 Å². The van der Waals surface area contributed by atoms with E-state index >= 15 is 0 Å². The minimum absolute atomic E-state index is 0.179. The number of methoxy groups -OCH3 is 1. The molecule has 1 aromatic rings. The van der Waals surface area contributed by atoms with Crippen LogP contribution in [0.3, 0.4) is 0 Å². The number of carboxylic acid groups (broad SMARTS) is 1. The minimum atomic E-state index is -0.996. The van der Waals surface area contributed by atoms with Gasteiger partial charge in [-0.1, -0.05) is 24.3 Å². The lowest BCUT2D eigenvalue weighted by Crippen LogP contribution is -2.03. The second-order valence-corrected chi connectivity index (χ2v) is 3.21. The molecule has 0 fully saturated rings. The molecule has 0 heterocycles. The Bertz CT molecular complexity index is 399. The number of ether oxygens (including phenoxy) is 1. The summed E-state index contributed by atoms with van der Waals surface area (Å²) in [5, 5.41) is 9.10. The summed E-state index contributed by atoms with van der Waals surface area (Å²) in [5.74, 6) is -0.632. The normalized spacial score (nSPS) is 10.6. The molecule has 0 bridgehead atoms. The topological polar surface area (TPSA) is 72.5 Å². The highest BCUT2D eigenvalue weighted by Crippen LogP contribution is 2.23. The Morgan fingerprint density at radius 2 is 2.31 bits per heavy atom. The van der Waals surface area contributed by atoms with Crippen LogP contribution in [0.5, 0.6) is 5.75 Å². The van der Waals surface area contributed by atoms with Gasteiger partial charge in [-0.3, -0.25) is 0 Å². The fourth-order valence-electron chi connectivity index (χ4n) is 1.39. The van der Waals surface area contributed by atoms with Crippen LogP contribution in [0.15, 0.2) is 24.3 Å². The second kappa shape index (κ2) is 5.92. The Labute approximate surface area is 94.3 Å². The van der Waals surface area contributed by atoms with E-state index in [1.807, 2.05) is 6.08 Å². The summed E-state index contributed by atoms with van der Waals surface area (Å²) >= 11 is 0. The molecule has 3 N–H and O–H groups in total. The van der Waals surface area contributed by atoms with Crippen molar-refractivity contribution in [2.24, 2.45) is 5.73 Å². The van der Waals surface area contributed by atoms with E-state index < -0.39 is 5.97 Å². The third-order valence-corrected chi connectivity index (χ3v) is 2.12. The standard InChI is InChI=1S/C12H15NO3/c1-16-10-7-4-6-9(5-2-3-8-13)11(10)12(14)15/h2,4-7H,3,8,13H2,1H3,(H,14,15). The smallest absolute Gasteiger partial charge is 0.340 e. The van der Waals surface area contributed by atoms with Crippen molar-refractivity contribution in [1.29, 1.82) is 0 Å². The van der Waals surface area contributed by atoms with Crippen molar-refractivity contribution in [3.8, 4) is 5.75 Å². The zero-order valence-corrected chi connectivity index (χ0v) is 9.14. The van der Waals surface area contributed by atoms with Crippen molar-refractivity contribution in [3.63, 3.8) is 0 Å². The SMILES string of the molecule is COc1cccc(C=CCCN)c1C(=O)O. The molecule has 0 atom stereocenters. The number of carbonyl (C=O) groups is 1. The van der Waals surface area contributed by atoms with Gasteiger partial charge in [0, 0.05) is 0 Å². The quantitative estimate of drug-likeness (QED) is 0.794. The molecule has 0 aliphatic heterocycles. The molecule has 0 saturated heterocycles. The third kappa shape index (κ3) is 2.84. The number of carboxylic acids is 1. The summed E-state index contributed by atoms with van der Waals surface area (Å²) in [7, 11) is 1.45. The Morgan fingerprint density at radius 1 is 1.56 bits per heavy atom. The van der Waals surface area contributed by atoms with Crippen molar-refractivity contribution >= 4 is 12.0 Å². The molecule has 1 rings (SSSR count). The van der Waals surface area contributed by atoms with Gasteiger partial charge in [0.05, 0.1) is 7.11 Å². The first-order valence-electron chi connectivity index (χ1n) is 4.97. The molecule has 0 amide bonds. The highest BCUT2D eigenvalue weighted by Gasteiger charge is 2.13. The molecule has 1 aromatic carbocycles. The van der Waals surface area contributed by atoms with E-state index in [0.717, 1.165) is 6.42 Å². The number of nitrogens with two attached hydrogens (primary N) is 1. The predicted molar refractivity (Wildman–Crippen MR) is 62.7 cm³/mol. The molecule has 0 radical (unpaired) electrons. The van der Waals surface area contributed by atoms with Gasteiger partial charge < -0.3 is 15.6 Å². The Kier molecular flexibility index (Phi) is 4.54. The van der Waals surface area contributed by atoms with Gasteiger partial charge in [0.2, 0.25) is 0 Å². The lowest BCUT2D eigenvalue weighted by Gasteiger charge is -2.07. The zero-order chi connectivity index (χ0) is 12.0. The van der Waals surface area contributed by atoms with Crippen molar-refractivity contribution < 1.29 is 14.6 Å². The highest BCUT2D eigenvalue weighted by atomic mass is 16.5. The maximum atomic E-state index is 11.1. The maximum absolute atomic E-state index is 11.1. The van der Waals surface area contributed by atoms with E-state index in [1.165, 1.54) is 7.11 Å². The van der Waals surface area contributed by atoms with Gasteiger partial charge in [0.1, 0.15) is 11.3 Å². The van der Waals surface area contributed by atoms with Crippen LogP contribution in [0.4, 0.5) is 0 Å². The average Bonchev–Trinajstić information content (AvgIpc) is 2.28. The van der Waals surface area contributed by atoms with E-state index in [1.54, 1.807) is 24.3 Å². The average molecular weight is 221 g/mol. The summed E-state index contributed by atoms with van der Waals surface area (Å²) in [4.78, 5) is 11.1. The van der Waals surface area contributed by atoms with Crippen molar-refractivity contribution in [2.75, 3.05) is 13.7 Å². The van der Waals surface area contributed by atoms with E-state index in [-0.39, 0.29) is 5.56 Å². The fourth-order valence-corrected chi connectivity index (χ4v) is 1.39. The van der Waals surface area contributed by atoms with Gasteiger partial charge in [-0.2, -0.15) is 0 Å². The van der Waals surface area contributed by atoms with Crippen LogP contribution < -0.4 is 10.5 Å². The summed E-state index contributed by atoms with van der Waals surface area (Å²) in [6, 6.07) is 5.12. The minimum Gasteiger partial charge on any atom is -0.496 e. The molecule has 0 unspecified atom stereocenters. The van der Waals surface area contributed by atoms with Crippen molar-refractivity contribution in [3.05, 3.63) is 35.4 Å². The lowest BCUT2D eigenvalue weighted by atomic mass is 10.1. The Morgan fingerprint density at radius 3 is 2.88 bits per heavy atom. The third-order valence-electron chi connectivity index (χ3n) is 2.12. The first kappa shape index (κ1) is 12.3. The van der Waals surface area contributed by atoms with Gasteiger partial charge in [-0.15, -0.1) is 0 Å². The molecule has 0 aliphatic rings. The van der Waals surface area contributed by atoms with Crippen LogP contribution in [0, 0.1) is 0 Å². The second-order valence-electron chi connectivity index (χ2n) is 3.21. The van der Waals surface area contributed by atoms with E-state index in [2.05, 4.69) is 0 Å². The van der Waals surface area contributed by atoms with Gasteiger partial charge in [0.15, 0.2) is 0 Å². The molecule has 16 heavy (non-hydrogen) atoms. The molecule has 86 valence electrons. The van der Waals surface area contributed by atoms with Crippen LogP contribution in [0.2, 0.25) is 0 Å².